The summed E-state index contributed by atoms with van der Waals surface area (Å²) in [5.41, 5.74) is 0.200. The van der Waals surface area contributed by atoms with Gasteiger partial charge in [0.1, 0.15) is 11.5 Å². The summed E-state index contributed by atoms with van der Waals surface area (Å²) in [4.78, 5) is 22.8. The number of amides is 1. The van der Waals surface area contributed by atoms with E-state index in [9.17, 15) is 14.9 Å². The van der Waals surface area contributed by atoms with Crippen molar-refractivity contribution in [2.75, 3.05) is 19.5 Å². The molecule has 0 fully saturated rings. The van der Waals surface area contributed by atoms with Crippen molar-refractivity contribution in [2.45, 2.75) is 13.0 Å². The Hall–Kier alpha value is -3.29. The van der Waals surface area contributed by atoms with E-state index in [1.807, 2.05) is 0 Å². The summed E-state index contributed by atoms with van der Waals surface area (Å²) < 4.78 is 15.8. The number of nitrogens with one attached hydrogen (secondary N) is 1. The number of para-hydroxylation sites is 2. The topological polar surface area (TPSA) is 99.9 Å². The second-order valence-electron chi connectivity index (χ2n) is 5.04. The summed E-state index contributed by atoms with van der Waals surface area (Å²) in [6.07, 6.45) is -0.961. The highest BCUT2D eigenvalue weighted by molar-refractivity contribution is 5.95. The second-order valence-corrected chi connectivity index (χ2v) is 5.04. The van der Waals surface area contributed by atoms with Gasteiger partial charge in [-0.2, -0.15) is 0 Å². The van der Waals surface area contributed by atoms with Crippen LogP contribution in [0.4, 0.5) is 11.4 Å². The highest BCUT2D eigenvalue weighted by Crippen LogP contribution is 2.30. The number of nitrogens with zero attached hydrogens (tertiary/aromatic N) is 1. The van der Waals surface area contributed by atoms with Crippen molar-refractivity contribution in [3.63, 3.8) is 0 Å². The maximum Gasteiger partial charge on any atom is 0.310 e. The van der Waals surface area contributed by atoms with Gasteiger partial charge in [0.25, 0.3) is 5.91 Å². The van der Waals surface area contributed by atoms with Crippen molar-refractivity contribution in [1.82, 2.24) is 0 Å². The minimum absolute atomic E-state index is 0.0211. The number of rotatable bonds is 7. The van der Waals surface area contributed by atoms with Crippen molar-refractivity contribution in [3.8, 4) is 17.2 Å². The number of nitro benzene ring substituents is 1. The smallest absolute Gasteiger partial charge is 0.310 e. The molecule has 0 saturated carbocycles. The predicted octanol–water partition coefficient (Wildman–Crippen LogP) is 3.02. The normalized spacial score (nSPS) is 11.3. The number of ether oxygens (including phenoxy) is 3. The molecule has 0 aliphatic heterocycles. The maximum absolute atomic E-state index is 12.4. The van der Waals surface area contributed by atoms with Gasteiger partial charge in [-0.15, -0.1) is 0 Å². The van der Waals surface area contributed by atoms with Crippen LogP contribution in [0.1, 0.15) is 6.92 Å². The maximum atomic E-state index is 12.4. The van der Waals surface area contributed by atoms with Crippen LogP contribution in [0.5, 0.6) is 17.2 Å². The number of nitro groups is 1. The van der Waals surface area contributed by atoms with Gasteiger partial charge in [-0.1, -0.05) is 12.1 Å². The molecule has 1 atom stereocenters. The third-order valence-electron chi connectivity index (χ3n) is 3.40. The fraction of sp³-hybridized carbons (Fsp3) is 0.235. The van der Waals surface area contributed by atoms with Crippen LogP contribution in [0.25, 0.3) is 0 Å². The molecule has 2 aromatic carbocycles. The monoisotopic (exact) mass is 346 g/mol. The molecule has 1 unspecified atom stereocenters. The van der Waals surface area contributed by atoms with Gasteiger partial charge in [0.05, 0.1) is 24.8 Å². The number of methoxy groups -OCH3 is 2. The summed E-state index contributed by atoms with van der Waals surface area (Å²) in [7, 11) is 2.98. The third-order valence-corrected chi connectivity index (χ3v) is 3.40. The average molecular weight is 346 g/mol. The minimum atomic E-state index is -0.961. The van der Waals surface area contributed by atoms with E-state index in [1.54, 1.807) is 24.3 Å². The molecule has 0 bridgehead atoms. The molecule has 8 heteroatoms. The zero-order valence-electron chi connectivity index (χ0n) is 14.0. The minimum Gasteiger partial charge on any atom is -0.497 e. The molecule has 0 aromatic heterocycles. The molecule has 132 valence electrons. The lowest BCUT2D eigenvalue weighted by Gasteiger charge is -2.16. The first-order valence-electron chi connectivity index (χ1n) is 7.39. The predicted molar refractivity (Wildman–Crippen MR) is 91.4 cm³/mol. The Morgan fingerprint density at radius 2 is 1.84 bits per heavy atom. The zero-order chi connectivity index (χ0) is 18.4. The van der Waals surface area contributed by atoms with Crippen LogP contribution < -0.4 is 19.5 Å². The first-order valence-corrected chi connectivity index (χ1v) is 7.39. The summed E-state index contributed by atoms with van der Waals surface area (Å²) in [6, 6.07) is 10.8. The van der Waals surface area contributed by atoms with E-state index in [-0.39, 0.29) is 11.4 Å². The third kappa shape index (κ3) is 4.37. The van der Waals surface area contributed by atoms with Crippen molar-refractivity contribution in [2.24, 2.45) is 0 Å². The van der Waals surface area contributed by atoms with Crippen LogP contribution in [-0.2, 0) is 4.79 Å². The number of benzene rings is 2. The molecule has 0 aliphatic rings. The summed E-state index contributed by atoms with van der Waals surface area (Å²) >= 11 is 0. The molecule has 2 rings (SSSR count). The Balaban J connectivity index is 2.15. The molecule has 0 heterocycles. The molecular weight excluding hydrogens is 328 g/mol. The van der Waals surface area contributed by atoms with Crippen LogP contribution >= 0.6 is 0 Å². The number of carbonyl (C=O) groups excluding carboxylic acids is 1. The molecule has 1 amide bonds. The van der Waals surface area contributed by atoms with E-state index in [2.05, 4.69) is 5.32 Å². The second kappa shape index (κ2) is 8.00. The van der Waals surface area contributed by atoms with Gasteiger partial charge in [-0.3, -0.25) is 14.9 Å². The molecule has 8 nitrogen and oxygen atoms in total. The average Bonchev–Trinajstić information content (AvgIpc) is 2.61. The lowest BCUT2D eigenvalue weighted by Crippen LogP contribution is -2.30. The van der Waals surface area contributed by atoms with Gasteiger partial charge in [0, 0.05) is 12.1 Å². The Morgan fingerprint density at radius 3 is 2.48 bits per heavy atom. The Morgan fingerprint density at radius 1 is 1.12 bits per heavy atom. The van der Waals surface area contributed by atoms with Gasteiger partial charge in [0.15, 0.2) is 11.9 Å². The highest BCUT2D eigenvalue weighted by atomic mass is 16.6. The van der Waals surface area contributed by atoms with Gasteiger partial charge < -0.3 is 19.5 Å². The number of hydrogen-bond donors (Lipinski definition) is 1. The van der Waals surface area contributed by atoms with Crippen molar-refractivity contribution in [1.29, 1.82) is 0 Å². The molecule has 1 N–H and O–H groups in total. The van der Waals surface area contributed by atoms with Gasteiger partial charge >= 0.3 is 5.69 Å². The van der Waals surface area contributed by atoms with Crippen molar-refractivity contribution < 1.29 is 23.9 Å². The van der Waals surface area contributed by atoms with E-state index >= 15 is 0 Å². The number of hydrogen-bond acceptors (Lipinski definition) is 6. The largest absolute Gasteiger partial charge is 0.497 e. The summed E-state index contributed by atoms with van der Waals surface area (Å²) in [5, 5.41) is 13.7. The van der Waals surface area contributed by atoms with E-state index < -0.39 is 16.9 Å². The Bertz CT molecular complexity index is 777. The van der Waals surface area contributed by atoms with Crippen LogP contribution in [0.15, 0.2) is 42.5 Å². The van der Waals surface area contributed by atoms with Crippen molar-refractivity contribution in [3.05, 3.63) is 52.6 Å². The van der Waals surface area contributed by atoms with E-state index in [0.29, 0.717) is 17.2 Å². The van der Waals surface area contributed by atoms with E-state index in [0.717, 1.165) is 0 Å². The van der Waals surface area contributed by atoms with Crippen molar-refractivity contribution >= 4 is 17.3 Å². The fourth-order valence-electron chi connectivity index (χ4n) is 2.10. The lowest BCUT2D eigenvalue weighted by molar-refractivity contribution is -0.386. The molecule has 0 aliphatic carbocycles. The first-order chi connectivity index (χ1) is 12.0. The van der Waals surface area contributed by atoms with Crippen LogP contribution in [0, 0.1) is 10.1 Å². The van der Waals surface area contributed by atoms with Crippen LogP contribution in [0.3, 0.4) is 0 Å². The Kier molecular flexibility index (Phi) is 5.78. The summed E-state index contributed by atoms with van der Waals surface area (Å²) in [5.74, 6) is 0.535. The molecule has 0 spiro atoms. The molecular formula is C17H18N2O6. The molecule has 2 aromatic rings. The lowest BCUT2D eigenvalue weighted by atomic mass is 10.2. The number of anilines is 1. The first kappa shape index (κ1) is 18.1. The van der Waals surface area contributed by atoms with E-state index in [4.69, 9.17) is 14.2 Å². The van der Waals surface area contributed by atoms with Gasteiger partial charge in [-0.25, -0.2) is 0 Å². The SMILES string of the molecule is COc1ccc(OC)c(NC(=O)C(C)Oc2ccccc2[N+](=O)[O-])c1. The molecule has 0 radical (unpaired) electrons. The number of carbonyl (C=O) groups is 1. The Labute approximate surface area is 144 Å². The molecule has 0 saturated heterocycles. The van der Waals surface area contributed by atoms with Crippen LogP contribution in [-0.4, -0.2) is 31.2 Å². The van der Waals surface area contributed by atoms with E-state index in [1.165, 1.54) is 39.3 Å². The molecule has 25 heavy (non-hydrogen) atoms. The highest BCUT2D eigenvalue weighted by Gasteiger charge is 2.21. The quantitative estimate of drug-likeness (QED) is 0.611. The standard InChI is InChI=1S/C17H18N2O6/c1-11(25-16-7-5-4-6-14(16)19(21)22)17(20)18-13-10-12(23-2)8-9-15(13)24-3/h4-11H,1-3H3,(H,18,20). The zero-order valence-corrected chi connectivity index (χ0v) is 14.0. The van der Waals surface area contributed by atoms with Gasteiger partial charge in [-0.05, 0) is 25.1 Å². The van der Waals surface area contributed by atoms with Crippen LogP contribution in [0.2, 0.25) is 0 Å². The van der Waals surface area contributed by atoms with Gasteiger partial charge in [0.2, 0.25) is 0 Å². The fourth-order valence-corrected chi connectivity index (χ4v) is 2.10. The summed E-state index contributed by atoms with van der Waals surface area (Å²) in [6.45, 7) is 1.50.